The standard InChI is InChI=1S/C5H10O2.C4H10/c1-4(2)3-5(6)7;1-4(2)3/h4H,3H2,1-2H3,(H,6,7);4H,1-3H3. The van der Waals surface area contributed by atoms with Crippen LogP contribution in [-0.2, 0) is 4.79 Å². The lowest BCUT2D eigenvalue weighted by molar-refractivity contribution is -0.137. The van der Waals surface area contributed by atoms with Gasteiger partial charge in [0.05, 0.1) is 0 Å². The predicted molar refractivity (Wildman–Crippen MR) is 47.6 cm³/mol. The molecule has 2 heteroatoms. The van der Waals surface area contributed by atoms with E-state index < -0.39 is 5.97 Å². The maximum absolute atomic E-state index is 9.81. The molecule has 0 aromatic rings. The van der Waals surface area contributed by atoms with Gasteiger partial charge in [-0.2, -0.15) is 0 Å². The van der Waals surface area contributed by atoms with Crippen LogP contribution in [0.3, 0.4) is 0 Å². The van der Waals surface area contributed by atoms with Crippen molar-refractivity contribution in [3.63, 3.8) is 0 Å². The largest absolute Gasteiger partial charge is 0.481 e. The van der Waals surface area contributed by atoms with E-state index in [4.69, 9.17) is 5.11 Å². The van der Waals surface area contributed by atoms with E-state index in [9.17, 15) is 4.79 Å². The Morgan fingerprint density at radius 1 is 1.18 bits per heavy atom. The van der Waals surface area contributed by atoms with Crippen LogP contribution in [0.1, 0.15) is 41.0 Å². The van der Waals surface area contributed by atoms with Gasteiger partial charge in [-0.3, -0.25) is 4.79 Å². The first-order chi connectivity index (χ1) is 4.86. The second-order valence-electron chi connectivity index (χ2n) is 3.72. The molecular formula is C9H20O2. The summed E-state index contributed by atoms with van der Waals surface area (Å²) in [5.74, 6) is 0.396. The Kier molecular flexibility index (Phi) is 9.01. The van der Waals surface area contributed by atoms with Crippen LogP contribution in [0.25, 0.3) is 0 Å². The van der Waals surface area contributed by atoms with Gasteiger partial charge in [-0.25, -0.2) is 0 Å². The van der Waals surface area contributed by atoms with E-state index in [0.717, 1.165) is 5.92 Å². The van der Waals surface area contributed by atoms with Gasteiger partial charge in [-0.1, -0.05) is 34.6 Å². The van der Waals surface area contributed by atoms with Crippen LogP contribution < -0.4 is 0 Å². The molecule has 0 radical (unpaired) electrons. The Morgan fingerprint density at radius 2 is 1.45 bits per heavy atom. The zero-order valence-electron chi connectivity index (χ0n) is 8.22. The molecule has 0 atom stereocenters. The lowest BCUT2D eigenvalue weighted by Crippen LogP contribution is -1.99. The van der Waals surface area contributed by atoms with Gasteiger partial charge in [0.15, 0.2) is 0 Å². The van der Waals surface area contributed by atoms with Crippen LogP contribution in [0.15, 0.2) is 0 Å². The lowest BCUT2D eigenvalue weighted by atomic mass is 10.1. The van der Waals surface area contributed by atoms with Gasteiger partial charge in [-0.15, -0.1) is 0 Å². The van der Waals surface area contributed by atoms with E-state index in [1.54, 1.807) is 0 Å². The van der Waals surface area contributed by atoms with E-state index in [1.807, 2.05) is 13.8 Å². The quantitative estimate of drug-likeness (QED) is 0.674. The molecule has 0 rings (SSSR count). The monoisotopic (exact) mass is 160 g/mol. The highest BCUT2D eigenvalue weighted by Crippen LogP contribution is 1.96. The molecule has 0 aliphatic heterocycles. The number of rotatable bonds is 2. The summed E-state index contributed by atoms with van der Waals surface area (Å²) in [5.41, 5.74) is 0. The minimum Gasteiger partial charge on any atom is -0.481 e. The summed E-state index contributed by atoms with van der Waals surface area (Å²) in [6.07, 6.45) is 0.278. The first-order valence-electron chi connectivity index (χ1n) is 4.08. The average molecular weight is 160 g/mol. The van der Waals surface area contributed by atoms with E-state index in [-0.39, 0.29) is 12.3 Å². The van der Waals surface area contributed by atoms with Gasteiger partial charge in [0.2, 0.25) is 0 Å². The lowest BCUT2D eigenvalue weighted by Gasteiger charge is -1.94. The summed E-state index contributed by atoms with van der Waals surface area (Å²) >= 11 is 0. The summed E-state index contributed by atoms with van der Waals surface area (Å²) < 4.78 is 0. The molecule has 0 amide bonds. The van der Waals surface area contributed by atoms with Crippen molar-refractivity contribution in [3.8, 4) is 0 Å². The fraction of sp³-hybridized carbons (Fsp3) is 0.889. The van der Waals surface area contributed by atoms with Gasteiger partial charge in [0, 0.05) is 6.42 Å². The molecule has 0 bridgehead atoms. The van der Waals surface area contributed by atoms with Crippen molar-refractivity contribution in [2.24, 2.45) is 11.8 Å². The molecule has 0 aromatic carbocycles. The number of hydrogen-bond acceptors (Lipinski definition) is 1. The van der Waals surface area contributed by atoms with Gasteiger partial charge in [0.25, 0.3) is 0 Å². The summed E-state index contributed by atoms with van der Waals surface area (Å²) in [6.45, 7) is 10.3. The molecule has 0 heterocycles. The van der Waals surface area contributed by atoms with Crippen molar-refractivity contribution in [2.45, 2.75) is 41.0 Å². The summed E-state index contributed by atoms with van der Waals surface area (Å²) in [7, 11) is 0. The third-order valence-corrected chi connectivity index (χ3v) is 0.583. The van der Waals surface area contributed by atoms with Crippen LogP contribution in [0, 0.1) is 11.8 Å². The van der Waals surface area contributed by atoms with Crippen LogP contribution in [0.2, 0.25) is 0 Å². The van der Waals surface area contributed by atoms with E-state index in [0.29, 0.717) is 0 Å². The topological polar surface area (TPSA) is 37.3 Å². The highest BCUT2D eigenvalue weighted by molar-refractivity contribution is 5.66. The van der Waals surface area contributed by atoms with Crippen molar-refractivity contribution in [2.75, 3.05) is 0 Å². The molecule has 0 aromatic heterocycles. The minimum atomic E-state index is -0.713. The van der Waals surface area contributed by atoms with Crippen molar-refractivity contribution in [1.82, 2.24) is 0 Å². The fourth-order valence-corrected chi connectivity index (χ4v) is 0.349. The molecule has 0 unspecified atom stereocenters. The van der Waals surface area contributed by atoms with Crippen LogP contribution >= 0.6 is 0 Å². The molecule has 0 aliphatic rings. The second-order valence-corrected chi connectivity index (χ2v) is 3.72. The zero-order valence-corrected chi connectivity index (χ0v) is 8.22. The van der Waals surface area contributed by atoms with Crippen LogP contribution in [-0.4, -0.2) is 11.1 Å². The maximum atomic E-state index is 9.81. The molecule has 0 fully saturated rings. The number of aliphatic carboxylic acids is 1. The number of carboxylic acids is 1. The van der Waals surface area contributed by atoms with E-state index >= 15 is 0 Å². The van der Waals surface area contributed by atoms with E-state index in [2.05, 4.69) is 20.8 Å². The van der Waals surface area contributed by atoms with Crippen molar-refractivity contribution >= 4 is 5.97 Å². The molecule has 0 aliphatic carbocycles. The minimum absolute atomic E-state index is 0.275. The number of carboxylic acid groups (broad SMARTS) is 1. The number of carbonyl (C=O) groups is 1. The number of hydrogen-bond donors (Lipinski definition) is 1. The predicted octanol–water partition coefficient (Wildman–Crippen LogP) is 2.78. The van der Waals surface area contributed by atoms with Gasteiger partial charge in [0.1, 0.15) is 0 Å². The van der Waals surface area contributed by atoms with Crippen molar-refractivity contribution in [1.29, 1.82) is 0 Å². The average Bonchev–Trinajstić information content (AvgIpc) is 1.56. The van der Waals surface area contributed by atoms with Gasteiger partial charge in [-0.05, 0) is 11.8 Å². The summed E-state index contributed by atoms with van der Waals surface area (Å²) in [4.78, 5) is 9.81. The molecular weight excluding hydrogens is 140 g/mol. The summed E-state index contributed by atoms with van der Waals surface area (Å²) in [5, 5.41) is 8.08. The molecule has 2 nitrogen and oxygen atoms in total. The Morgan fingerprint density at radius 3 is 1.45 bits per heavy atom. The third-order valence-electron chi connectivity index (χ3n) is 0.583. The third kappa shape index (κ3) is 43.9. The van der Waals surface area contributed by atoms with Gasteiger partial charge >= 0.3 is 5.97 Å². The maximum Gasteiger partial charge on any atom is 0.303 e. The van der Waals surface area contributed by atoms with Crippen LogP contribution in [0.5, 0.6) is 0 Å². The highest BCUT2D eigenvalue weighted by Gasteiger charge is 1.98. The Labute approximate surface area is 69.6 Å². The zero-order chi connectivity index (χ0) is 9.44. The van der Waals surface area contributed by atoms with Gasteiger partial charge < -0.3 is 5.11 Å². The Hall–Kier alpha value is -0.530. The van der Waals surface area contributed by atoms with Crippen molar-refractivity contribution in [3.05, 3.63) is 0 Å². The normalized spacial score (nSPS) is 9.36. The highest BCUT2D eigenvalue weighted by atomic mass is 16.4. The molecule has 11 heavy (non-hydrogen) atoms. The first kappa shape index (κ1) is 13.1. The van der Waals surface area contributed by atoms with Crippen LogP contribution in [0.4, 0.5) is 0 Å². The summed E-state index contributed by atoms with van der Waals surface area (Å²) in [6, 6.07) is 0. The molecule has 68 valence electrons. The first-order valence-corrected chi connectivity index (χ1v) is 4.08. The molecule has 0 spiro atoms. The Bertz CT molecular complexity index is 93.0. The second kappa shape index (κ2) is 7.58. The molecule has 1 N–H and O–H groups in total. The molecule has 0 saturated heterocycles. The Balaban J connectivity index is 0. The SMILES string of the molecule is CC(C)C.CC(C)CC(=O)O. The molecule has 0 saturated carbocycles. The van der Waals surface area contributed by atoms with E-state index in [1.165, 1.54) is 0 Å². The smallest absolute Gasteiger partial charge is 0.303 e. The fourth-order valence-electron chi connectivity index (χ4n) is 0.349. The van der Waals surface area contributed by atoms with Crippen molar-refractivity contribution < 1.29 is 9.90 Å².